The van der Waals surface area contributed by atoms with Crippen molar-refractivity contribution in [1.82, 2.24) is 5.32 Å². The smallest absolute Gasteiger partial charge is 0.00412 e. The van der Waals surface area contributed by atoms with Crippen LogP contribution in [0.4, 0.5) is 0 Å². The molecule has 0 radical (unpaired) electrons. The van der Waals surface area contributed by atoms with Crippen LogP contribution >= 0.6 is 0 Å². The summed E-state index contributed by atoms with van der Waals surface area (Å²) in [6.07, 6.45) is 6.76. The van der Waals surface area contributed by atoms with Gasteiger partial charge in [-0.25, -0.2) is 0 Å². The molecule has 0 saturated carbocycles. The highest BCUT2D eigenvalue weighted by Gasteiger charge is 2.07. The standard InChI is InChI=1S/C14H31N/c1-6-10-15-14(5)11-13(4)9-7-8-12(2)3/h12-15H,6-11H2,1-5H3. The molecule has 0 amide bonds. The molecule has 1 N–H and O–H groups in total. The first-order valence-electron chi connectivity index (χ1n) is 6.79. The maximum atomic E-state index is 3.56. The molecule has 0 aromatic rings. The van der Waals surface area contributed by atoms with Crippen molar-refractivity contribution in [2.24, 2.45) is 11.8 Å². The van der Waals surface area contributed by atoms with E-state index in [2.05, 4.69) is 39.9 Å². The Balaban J connectivity index is 3.42. The first kappa shape index (κ1) is 15.0. The molecule has 0 rings (SSSR count). The fourth-order valence-electron chi connectivity index (χ4n) is 2.07. The molecule has 0 aromatic carbocycles. The van der Waals surface area contributed by atoms with E-state index in [-0.39, 0.29) is 0 Å². The van der Waals surface area contributed by atoms with Crippen LogP contribution in [0.15, 0.2) is 0 Å². The van der Waals surface area contributed by atoms with Crippen molar-refractivity contribution >= 4 is 0 Å². The molecule has 0 aliphatic heterocycles. The molecule has 0 fully saturated rings. The second-order valence-electron chi connectivity index (χ2n) is 5.52. The van der Waals surface area contributed by atoms with Gasteiger partial charge in [0.15, 0.2) is 0 Å². The Kier molecular flexibility index (Phi) is 9.18. The van der Waals surface area contributed by atoms with Gasteiger partial charge >= 0.3 is 0 Å². The lowest BCUT2D eigenvalue weighted by Crippen LogP contribution is -2.28. The maximum Gasteiger partial charge on any atom is 0.00412 e. The first-order valence-corrected chi connectivity index (χ1v) is 6.79. The third-order valence-electron chi connectivity index (χ3n) is 2.98. The van der Waals surface area contributed by atoms with E-state index in [1.807, 2.05) is 0 Å². The van der Waals surface area contributed by atoms with Crippen molar-refractivity contribution in [2.45, 2.75) is 72.8 Å². The van der Waals surface area contributed by atoms with E-state index in [4.69, 9.17) is 0 Å². The first-order chi connectivity index (χ1) is 7.06. The Hall–Kier alpha value is -0.0400. The van der Waals surface area contributed by atoms with E-state index >= 15 is 0 Å². The minimum absolute atomic E-state index is 0.694. The van der Waals surface area contributed by atoms with Crippen molar-refractivity contribution < 1.29 is 0 Å². The Morgan fingerprint density at radius 2 is 1.67 bits per heavy atom. The lowest BCUT2D eigenvalue weighted by atomic mass is 9.94. The highest BCUT2D eigenvalue weighted by molar-refractivity contribution is 4.65. The van der Waals surface area contributed by atoms with Gasteiger partial charge in [-0.2, -0.15) is 0 Å². The van der Waals surface area contributed by atoms with Crippen molar-refractivity contribution in [3.05, 3.63) is 0 Å². The molecular formula is C14H31N. The Labute approximate surface area is 97.0 Å². The largest absolute Gasteiger partial charge is 0.314 e. The molecule has 0 aliphatic carbocycles. The summed E-state index contributed by atoms with van der Waals surface area (Å²) in [7, 11) is 0. The van der Waals surface area contributed by atoms with E-state index in [0.717, 1.165) is 11.8 Å². The molecule has 0 aromatic heterocycles. The van der Waals surface area contributed by atoms with Gasteiger partial charge in [0, 0.05) is 6.04 Å². The molecule has 0 heterocycles. The minimum atomic E-state index is 0.694. The van der Waals surface area contributed by atoms with E-state index in [1.165, 1.54) is 38.6 Å². The summed E-state index contributed by atoms with van der Waals surface area (Å²) in [5, 5.41) is 3.56. The molecule has 0 aliphatic rings. The van der Waals surface area contributed by atoms with Gasteiger partial charge in [-0.15, -0.1) is 0 Å². The van der Waals surface area contributed by atoms with Crippen molar-refractivity contribution in [2.75, 3.05) is 6.54 Å². The predicted molar refractivity (Wildman–Crippen MR) is 70.2 cm³/mol. The lowest BCUT2D eigenvalue weighted by Gasteiger charge is -2.18. The van der Waals surface area contributed by atoms with Crippen LogP contribution in [-0.4, -0.2) is 12.6 Å². The van der Waals surface area contributed by atoms with Crippen LogP contribution in [-0.2, 0) is 0 Å². The zero-order valence-electron chi connectivity index (χ0n) is 11.5. The van der Waals surface area contributed by atoms with Crippen molar-refractivity contribution in [3.8, 4) is 0 Å². The zero-order valence-corrected chi connectivity index (χ0v) is 11.5. The monoisotopic (exact) mass is 213 g/mol. The number of rotatable bonds is 9. The van der Waals surface area contributed by atoms with Crippen LogP contribution in [0.3, 0.4) is 0 Å². The SMILES string of the molecule is CCCNC(C)CC(C)CCCC(C)C. The van der Waals surface area contributed by atoms with Crippen LogP contribution < -0.4 is 5.32 Å². The zero-order chi connectivity index (χ0) is 11.7. The van der Waals surface area contributed by atoms with Crippen LogP contribution in [0, 0.1) is 11.8 Å². The van der Waals surface area contributed by atoms with E-state index in [1.54, 1.807) is 0 Å². The Bertz CT molecular complexity index is 131. The Morgan fingerprint density at radius 1 is 1.00 bits per heavy atom. The summed E-state index contributed by atoms with van der Waals surface area (Å²) in [5.41, 5.74) is 0. The third kappa shape index (κ3) is 10.2. The van der Waals surface area contributed by atoms with Crippen molar-refractivity contribution in [1.29, 1.82) is 0 Å². The Morgan fingerprint density at radius 3 is 2.20 bits per heavy atom. The quantitative estimate of drug-likeness (QED) is 0.604. The number of hydrogen-bond acceptors (Lipinski definition) is 1. The lowest BCUT2D eigenvalue weighted by molar-refractivity contribution is 0.381. The summed E-state index contributed by atoms with van der Waals surface area (Å²) < 4.78 is 0. The van der Waals surface area contributed by atoms with Gasteiger partial charge in [-0.05, 0) is 38.1 Å². The summed E-state index contributed by atoms with van der Waals surface area (Å²) in [6, 6.07) is 0.694. The highest BCUT2D eigenvalue weighted by Crippen LogP contribution is 2.16. The van der Waals surface area contributed by atoms with Gasteiger partial charge in [-0.3, -0.25) is 0 Å². The average molecular weight is 213 g/mol. The van der Waals surface area contributed by atoms with Gasteiger partial charge in [0.1, 0.15) is 0 Å². The van der Waals surface area contributed by atoms with Crippen LogP contribution in [0.25, 0.3) is 0 Å². The van der Waals surface area contributed by atoms with E-state index in [0.29, 0.717) is 6.04 Å². The van der Waals surface area contributed by atoms with Gasteiger partial charge in [-0.1, -0.05) is 47.0 Å². The van der Waals surface area contributed by atoms with E-state index in [9.17, 15) is 0 Å². The second-order valence-corrected chi connectivity index (χ2v) is 5.52. The summed E-state index contributed by atoms with van der Waals surface area (Å²) in [6.45, 7) is 12.7. The third-order valence-corrected chi connectivity index (χ3v) is 2.98. The molecule has 0 saturated heterocycles. The molecular weight excluding hydrogens is 182 g/mol. The maximum absolute atomic E-state index is 3.56. The normalized spacial score (nSPS) is 15.6. The molecule has 0 spiro atoms. The topological polar surface area (TPSA) is 12.0 Å². The average Bonchev–Trinajstić information content (AvgIpc) is 2.14. The molecule has 1 heteroatoms. The molecule has 2 atom stereocenters. The minimum Gasteiger partial charge on any atom is -0.314 e. The van der Waals surface area contributed by atoms with Gasteiger partial charge < -0.3 is 5.32 Å². The second kappa shape index (κ2) is 9.21. The van der Waals surface area contributed by atoms with Crippen LogP contribution in [0.5, 0.6) is 0 Å². The van der Waals surface area contributed by atoms with Gasteiger partial charge in [0.25, 0.3) is 0 Å². The van der Waals surface area contributed by atoms with Crippen LogP contribution in [0.1, 0.15) is 66.7 Å². The fraction of sp³-hybridized carbons (Fsp3) is 1.00. The summed E-state index contributed by atoms with van der Waals surface area (Å²) in [5.74, 6) is 1.75. The molecule has 0 bridgehead atoms. The van der Waals surface area contributed by atoms with Gasteiger partial charge in [0.2, 0.25) is 0 Å². The molecule has 1 nitrogen and oxygen atoms in total. The number of hydrogen-bond donors (Lipinski definition) is 1. The molecule has 92 valence electrons. The predicted octanol–water partition coefficient (Wildman–Crippen LogP) is 4.23. The fourth-order valence-corrected chi connectivity index (χ4v) is 2.07. The van der Waals surface area contributed by atoms with Crippen LogP contribution in [0.2, 0.25) is 0 Å². The molecule has 15 heavy (non-hydrogen) atoms. The van der Waals surface area contributed by atoms with E-state index < -0.39 is 0 Å². The summed E-state index contributed by atoms with van der Waals surface area (Å²) >= 11 is 0. The number of nitrogens with one attached hydrogen (secondary N) is 1. The van der Waals surface area contributed by atoms with Gasteiger partial charge in [0.05, 0.1) is 0 Å². The van der Waals surface area contributed by atoms with Crippen molar-refractivity contribution in [3.63, 3.8) is 0 Å². The highest BCUT2D eigenvalue weighted by atomic mass is 14.9. The summed E-state index contributed by atoms with van der Waals surface area (Å²) in [4.78, 5) is 0. The molecule has 2 unspecified atom stereocenters.